The number of rotatable bonds is 3. The molecular formula is C9H18N2O2. The van der Waals surface area contributed by atoms with Crippen LogP contribution in [0.3, 0.4) is 0 Å². The third-order valence-corrected chi connectivity index (χ3v) is 2.66. The maximum atomic E-state index is 11.2. The summed E-state index contributed by atoms with van der Waals surface area (Å²) in [5.41, 5.74) is 0. The first-order valence-electron chi connectivity index (χ1n) is 4.70. The van der Waals surface area contributed by atoms with E-state index in [-0.39, 0.29) is 6.09 Å². The topological polar surface area (TPSA) is 41.6 Å². The van der Waals surface area contributed by atoms with E-state index >= 15 is 0 Å². The molecule has 0 aliphatic carbocycles. The Morgan fingerprint density at radius 3 is 2.85 bits per heavy atom. The molecule has 1 heterocycles. The van der Waals surface area contributed by atoms with Crippen molar-refractivity contribution in [2.75, 3.05) is 27.2 Å². The van der Waals surface area contributed by atoms with Crippen LogP contribution in [-0.2, 0) is 4.74 Å². The van der Waals surface area contributed by atoms with Crippen molar-refractivity contribution in [3.63, 3.8) is 0 Å². The van der Waals surface area contributed by atoms with Gasteiger partial charge >= 0.3 is 6.09 Å². The number of nitrogens with one attached hydrogen (secondary N) is 1. The van der Waals surface area contributed by atoms with Crippen molar-refractivity contribution in [1.82, 2.24) is 10.2 Å². The van der Waals surface area contributed by atoms with E-state index < -0.39 is 0 Å². The van der Waals surface area contributed by atoms with Gasteiger partial charge in [-0.05, 0) is 25.9 Å². The van der Waals surface area contributed by atoms with Gasteiger partial charge in [0.05, 0.1) is 7.11 Å². The van der Waals surface area contributed by atoms with Crippen LogP contribution in [0.15, 0.2) is 0 Å². The minimum atomic E-state index is -0.195. The lowest BCUT2D eigenvalue weighted by Gasteiger charge is -2.43. The Labute approximate surface area is 79.2 Å². The Kier molecular flexibility index (Phi) is 3.54. The Balaban J connectivity index is 2.39. The van der Waals surface area contributed by atoms with Crippen molar-refractivity contribution in [3.05, 3.63) is 0 Å². The maximum absolute atomic E-state index is 11.2. The highest BCUT2D eigenvalue weighted by molar-refractivity contribution is 5.68. The Hall–Kier alpha value is -0.770. The highest BCUT2D eigenvalue weighted by atomic mass is 16.5. The van der Waals surface area contributed by atoms with Crippen LogP contribution < -0.4 is 5.32 Å². The zero-order chi connectivity index (χ0) is 9.84. The fourth-order valence-electron chi connectivity index (χ4n) is 1.80. The second-order valence-corrected chi connectivity index (χ2v) is 3.55. The molecule has 1 saturated heterocycles. The van der Waals surface area contributed by atoms with Crippen LogP contribution in [0.4, 0.5) is 4.79 Å². The van der Waals surface area contributed by atoms with Crippen molar-refractivity contribution < 1.29 is 9.53 Å². The normalized spacial score (nSPS) is 23.6. The minimum Gasteiger partial charge on any atom is -0.453 e. The summed E-state index contributed by atoms with van der Waals surface area (Å²) in [5, 5.41) is 3.12. The molecule has 0 aromatic carbocycles. The van der Waals surface area contributed by atoms with Crippen molar-refractivity contribution >= 4 is 6.09 Å². The van der Waals surface area contributed by atoms with Crippen molar-refractivity contribution in [2.45, 2.75) is 19.4 Å². The van der Waals surface area contributed by atoms with E-state index in [0.717, 1.165) is 19.5 Å². The Morgan fingerprint density at radius 1 is 1.77 bits per heavy atom. The molecule has 0 radical (unpaired) electrons. The predicted octanol–water partition coefficient (Wildman–Crippen LogP) is 0.683. The van der Waals surface area contributed by atoms with E-state index in [9.17, 15) is 4.79 Å². The molecule has 2 unspecified atom stereocenters. The van der Waals surface area contributed by atoms with Crippen LogP contribution in [0, 0.1) is 5.92 Å². The molecule has 76 valence electrons. The number of likely N-dealkylation sites (tertiary alicyclic amines) is 1. The number of amides is 1. The molecule has 0 saturated carbocycles. The van der Waals surface area contributed by atoms with Crippen LogP contribution in [0.25, 0.3) is 0 Å². The lowest BCUT2D eigenvalue weighted by atomic mass is 9.91. The smallest absolute Gasteiger partial charge is 0.409 e. The first-order valence-corrected chi connectivity index (χ1v) is 4.70. The molecule has 1 amide bonds. The lowest BCUT2D eigenvalue weighted by Crippen LogP contribution is -2.55. The van der Waals surface area contributed by atoms with E-state index in [2.05, 4.69) is 17.0 Å². The zero-order valence-electron chi connectivity index (χ0n) is 8.54. The molecule has 1 fully saturated rings. The van der Waals surface area contributed by atoms with Gasteiger partial charge in [0, 0.05) is 12.6 Å². The van der Waals surface area contributed by atoms with Gasteiger partial charge in [0.15, 0.2) is 0 Å². The van der Waals surface area contributed by atoms with Crippen LogP contribution in [0.1, 0.15) is 13.3 Å². The number of hydrogen-bond donors (Lipinski definition) is 1. The largest absolute Gasteiger partial charge is 0.453 e. The first kappa shape index (κ1) is 10.3. The molecule has 1 aliphatic rings. The van der Waals surface area contributed by atoms with Gasteiger partial charge in [0.1, 0.15) is 0 Å². The summed E-state index contributed by atoms with van der Waals surface area (Å²) in [6, 6.07) is 0.361. The second-order valence-electron chi connectivity index (χ2n) is 3.55. The first-order chi connectivity index (χ1) is 6.20. The highest BCUT2D eigenvalue weighted by Gasteiger charge is 2.36. The molecule has 1 N–H and O–H groups in total. The summed E-state index contributed by atoms with van der Waals surface area (Å²) in [5.74, 6) is 0.498. The third-order valence-electron chi connectivity index (χ3n) is 2.66. The molecule has 4 nitrogen and oxygen atoms in total. The molecule has 1 aliphatic heterocycles. The van der Waals surface area contributed by atoms with E-state index in [1.54, 1.807) is 4.90 Å². The van der Waals surface area contributed by atoms with Crippen LogP contribution >= 0.6 is 0 Å². The van der Waals surface area contributed by atoms with Crippen LogP contribution in [0.5, 0.6) is 0 Å². The SMILES string of the molecule is CNCC(C)C1CCN1C(=O)OC. The predicted molar refractivity (Wildman–Crippen MR) is 50.6 cm³/mol. The van der Waals surface area contributed by atoms with Gasteiger partial charge in [0.2, 0.25) is 0 Å². The van der Waals surface area contributed by atoms with Gasteiger partial charge in [-0.15, -0.1) is 0 Å². The fourth-order valence-corrected chi connectivity index (χ4v) is 1.80. The number of ether oxygens (including phenoxy) is 1. The van der Waals surface area contributed by atoms with Crippen molar-refractivity contribution in [2.24, 2.45) is 5.92 Å². The molecule has 0 bridgehead atoms. The molecule has 2 atom stereocenters. The number of carbonyl (C=O) groups is 1. The quantitative estimate of drug-likeness (QED) is 0.705. The zero-order valence-corrected chi connectivity index (χ0v) is 8.54. The minimum absolute atomic E-state index is 0.195. The third kappa shape index (κ3) is 2.12. The maximum Gasteiger partial charge on any atom is 0.409 e. The van der Waals surface area contributed by atoms with E-state index in [0.29, 0.717) is 12.0 Å². The summed E-state index contributed by atoms with van der Waals surface area (Å²) in [7, 11) is 3.36. The summed E-state index contributed by atoms with van der Waals surface area (Å²) in [4.78, 5) is 13.0. The highest BCUT2D eigenvalue weighted by Crippen LogP contribution is 2.24. The van der Waals surface area contributed by atoms with Gasteiger partial charge < -0.3 is 15.0 Å². The number of methoxy groups -OCH3 is 1. The molecule has 1 rings (SSSR count). The molecule has 13 heavy (non-hydrogen) atoms. The Bertz CT molecular complexity index is 184. The van der Waals surface area contributed by atoms with E-state index in [1.807, 2.05) is 7.05 Å². The van der Waals surface area contributed by atoms with E-state index in [4.69, 9.17) is 0 Å². The Morgan fingerprint density at radius 2 is 2.46 bits per heavy atom. The summed E-state index contributed by atoms with van der Waals surface area (Å²) in [6.45, 7) is 3.93. The van der Waals surface area contributed by atoms with Crippen LogP contribution in [0.2, 0.25) is 0 Å². The van der Waals surface area contributed by atoms with Crippen molar-refractivity contribution in [1.29, 1.82) is 0 Å². The second kappa shape index (κ2) is 4.46. The van der Waals surface area contributed by atoms with Gasteiger partial charge in [-0.1, -0.05) is 6.92 Å². The molecular weight excluding hydrogens is 168 g/mol. The van der Waals surface area contributed by atoms with Gasteiger partial charge in [0.25, 0.3) is 0 Å². The summed E-state index contributed by atoms with van der Waals surface area (Å²) >= 11 is 0. The fraction of sp³-hybridized carbons (Fsp3) is 0.889. The van der Waals surface area contributed by atoms with E-state index in [1.165, 1.54) is 7.11 Å². The number of carbonyl (C=O) groups excluding carboxylic acids is 1. The van der Waals surface area contributed by atoms with Gasteiger partial charge in [-0.25, -0.2) is 4.79 Å². The average molecular weight is 186 g/mol. The summed E-state index contributed by atoms with van der Waals surface area (Å²) in [6.07, 6.45) is 0.900. The molecule has 0 aromatic rings. The van der Waals surface area contributed by atoms with Crippen LogP contribution in [-0.4, -0.2) is 44.3 Å². The lowest BCUT2D eigenvalue weighted by molar-refractivity contribution is 0.0391. The monoisotopic (exact) mass is 186 g/mol. The average Bonchev–Trinajstić information content (AvgIpc) is 2.02. The number of hydrogen-bond acceptors (Lipinski definition) is 3. The number of nitrogens with zero attached hydrogens (tertiary/aromatic N) is 1. The molecule has 4 heteroatoms. The van der Waals surface area contributed by atoms with Crippen molar-refractivity contribution in [3.8, 4) is 0 Å². The standard InChI is InChI=1S/C9H18N2O2/c1-7(6-10-2)8-4-5-11(8)9(12)13-3/h7-8,10H,4-6H2,1-3H3. The van der Waals surface area contributed by atoms with Gasteiger partial charge in [-0.3, -0.25) is 0 Å². The van der Waals surface area contributed by atoms with Gasteiger partial charge in [-0.2, -0.15) is 0 Å². The summed E-state index contributed by atoms with van der Waals surface area (Å²) < 4.78 is 4.68. The molecule has 0 aromatic heterocycles. The molecule has 0 spiro atoms.